The fraction of sp³-hybridized carbons (Fsp3) is 0.536. The first-order chi connectivity index (χ1) is 16.7. The lowest BCUT2D eigenvalue weighted by Gasteiger charge is -2.23. The number of nitriles is 1. The van der Waals surface area contributed by atoms with E-state index in [-0.39, 0.29) is 17.6 Å². The van der Waals surface area contributed by atoms with Gasteiger partial charge in [-0.15, -0.1) is 0 Å². The maximum atomic E-state index is 13.2. The molecule has 36 heavy (non-hydrogen) atoms. The third-order valence-corrected chi connectivity index (χ3v) is 7.56. The summed E-state index contributed by atoms with van der Waals surface area (Å²) < 4.78 is 68.5. The fourth-order valence-electron chi connectivity index (χ4n) is 5.21. The topological polar surface area (TPSA) is 67.2 Å². The van der Waals surface area contributed by atoms with Gasteiger partial charge in [0, 0.05) is 12.0 Å². The summed E-state index contributed by atoms with van der Waals surface area (Å²) in [4.78, 5) is 0. The Labute approximate surface area is 212 Å². The number of fused-ring (bicyclic) bond motifs is 1. The molecular weight excluding hydrogens is 487 g/mol. The summed E-state index contributed by atoms with van der Waals surface area (Å²) in [5.74, 6) is 0.399. The van der Waals surface area contributed by atoms with Crippen LogP contribution in [0.2, 0.25) is 0 Å². The highest BCUT2D eigenvalue weighted by Crippen LogP contribution is 2.49. The summed E-state index contributed by atoms with van der Waals surface area (Å²) in [6.07, 6.45) is 3.97. The normalized spacial score (nSPS) is 15.9. The van der Waals surface area contributed by atoms with E-state index in [1.54, 1.807) is 13.0 Å². The molecule has 1 unspecified atom stereocenters. The molecule has 0 aliphatic heterocycles. The number of hydrogen-bond acceptors (Lipinski definition) is 4. The predicted octanol–water partition coefficient (Wildman–Crippen LogP) is 7.62. The van der Waals surface area contributed by atoms with Crippen LogP contribution < -0.4 is 4.18 Å². The van der Waals surface area contributed by atoms with Crippen LogP contribution in [0.5, 0.6) is 5.75 Å². The van der Waals surface area contributed by atoms with Gasteiger partial charge >= 0.3 is 15.6 Å². The highest BCUT2D eigenvalue weighted by atomic mass is 32.2. The Hall–Kier alpha value is -2.53. The number of hydrogen-bond donors (Lipinski definition) is 0. The Kier molecular flexibility index (Phi) is 8.44. The zero-order chi connectivity index (χ0) is 26.8. The molecule has 2 aromatic carbocycles. The fourth-order valence-corrected chi connectivity index (χ4v) is 5.75. The van der Waals surface area contributed by atoms with E-state index < -0.39 is 15.6 Å². The molecule has 0 N–H and O–H groups in total. The van der Waals surface area contributed by atoms with Crippen LogP contribution in [0.3, 0.4) is 0 Å². The molecule has 1 aliphatic carbocycles. The van der Waals surface area contributed by atoms with Crippen LogP contribution in [0, 0.1) is 30.1 Å². The highest BCUT2D eigenvalue weighted by molar-refractivity contribution is 7.88. The lowest BCUT2D eigenvalue weighted by Crippen LogP contribution is -2.28. The average Bonchev–Trinajstić information content (AvgIpc) is 3.16. The van der Waals surface area contributed by atoms with Crippen molar-refractivity contribution in [1.82, 2.24) is 0 Å². The minimum atomic E-state index is -5.79. The van der Waals surface area contributed by atoms with E-state index >= 15 is 0 Å². The van der Waals surface area contributed by atoms with E-state index in [2.05, 4.69) is 26.0 Å². The van der Waals surface area contributed by atoms with Crippen molar-refractivity contribution in [2.75, 3.05) is 0 Å². The molecule has 8 heteroatoms. The van der Waals surface area contributed by atoms with E-state index in [4.69, 9.17) is 9.44 Å². The molecule has 2 aromatic rings. The first-order valence-electron chi connectivity index (χ1n) is 12.4. The van der Waals surface area contributed by atoms with E-state index in [1.807, 2.05) is 26.0 Å². The van der Waals surface area contributed by atoms with Crippen molar-refractivity contribution in [1.29, 1.82) is 5.26 Å². The molecule has 0 saturated carbocycles. The van der Waals surface area contributed by atoms with Crippen LogP contribution in [-0.2, 0) is 29.4 Å². The first kappa shape index (κ1) is 28.0. The molecule has 0 amide bonds. The van der Waals surface area contributed by atoms with Crippen molar-refractivity contribution < 1.29 is 25.8 Å². The molecule has 0 saturated heterocycles. The van der Waals surface area contributed by atoms with E-state index in [9.17, 15) is 21.6 Å². The number of aryl methyl sites for hydroxylation is 2. The monoisotopic (exact) mass is 521 g/mol. The van der Waals surface area contributed by atoms with Crippen molar-refractivity contribution in [3.63, 3.8) is 0 Å². The average molecular weight is 522 g/mol. The molecule has 0 spiro atoms. The molecule has 196 valence electrons. The zero-order valence-electron chi connectivity index (χ0n) is 21.5. The summed E-state index contributed by atoms with van der Waals surface area (Å²) in [6, 6.07) is 10.1. The molecule has 0 aromatic heterocycles. The number of benzene rings is 2. The molecule has 1 aliphatic rings. The van der Waals surface area contributed by atoms with E-state index in [0.29, 0.717) is 36.3 Å². The zero-order valence-corrected chi connectivity index (χ0v) is 22.3. The van der Waals surface area contributed by atoms with Gasteiger partial charge in [-0.25, -0.2) is 0 Å². The van der Waals surface area contributed by atoms with Gasteiger partial charge in [0.2, 0.25) is 0 Å². The summed E-state index contributed by atoms with van der Waals surface area (Å²) in [5.41, 5.74) is 0.442. The number of nitrogens with zero attached hydrogens (tertiary/aromatic N) is 1. The van der Waals surface area contributed by atoms with Gasteiger partial charge in [-0.2, -0.15) is 26.9 Å². The Balaban J connectivity index is 2.23. The largest absolute Gasteiger partial charge is 0.534 e. The summed E-state index contributed by atoms with van der Waals surface area (Å²) in [5, 5.41) is 8.98. The van der Waals surface area contributed by atoms with Gasteiger partial charge in [0.25, 0.3) is 0 Å². The third-order valence-electron chi connectivity index (χ3n) is 6.61. The predicted molar refractivity (Wildman–Crippen MR) is 135 cm³/mol. The van der Waals surface area contributed by atoms with Crippen molar-refractivity contribution in [3.05, 3.63) is 52.1 Å². The van der Waals surface area contributed by atoms with Crippen LogP contribution in [0.1, 0.15) is 80.7 Å². The third kappa shape index (κ3) is 6.05. The maximum Gasteiger partial charge on any atom is 0.534 e. The van der Waals surface area contributed by atoms with Gasteiger partial charge in [0.1, 0.15) is 5.75 Å². The van der Waals surface area contributed by atoms with Crippen molar-refractivity contribution in [2.45, 2.75) is 84.6 Å². The van der Waals surface area contributed by atoms with Crippen LogP contribution >= 0.6 is 0 Å². The van der Waals surface area contributed by atoms with Gasteiger partial charge < -0.3 is 4.18 Å². The second-order valence-corrected chi connectivity index (χ2v) is 12.1. The smallest absolute Gasteiger partial charge is 0.375 e. The molecule has 4 nitrogen and oxygen atoms in total. The molecule has 0 radical (unpaired) electrons. The van der Waals surface area contributed by atoms with Gasteiger partial charge in [-0.1, -0.05) is 45.9 Å². The number of halogens is 3. The maximum absolute atomic E-state index is 13.2. The SMILES string of the molecule is Cc1cc(-c2ccc(CCC#N)cc2CC(C)C)c2c(c1OS(=O)(=O)C(F)(F)F)C(CC(C)C)CC2. The minimum Gasteiger partial charge on any atom is -0.375 e. The lowest BCUT2D eigenvalue weighted by atomic mass is 9.85. The number of rotatable bonds is 9. The summed E-state index contributed by atoms with van der Waals surface area (Å²) in [7, 11) is -5.79. The molecule has 1 atom stereocenters. The molecule has 0 heterocycles. The van der Waals surface area contributed by atoms with Gasteiger partial charge in [-0.05, 0) is 96.2 Å². The molecule has 0 fully saturated rings. The second-order valence-electron chi connectivity index (χ2n) is 10.6. The Morgan fingerprint density at radius 3 is 2.39 bits per heavy atom. The van der Waals surface area contributed by atoms with Crippen LogP contribution in [-0.4, -0.2) is 13.9 Å². The van der Waals surface area contributed by atoms with Crippen molar-refractivity contribution in [3.8, 4) is 22.9 Å². The van der Waals surface area contributed by atoms with E-state index in [0.717, 1.165) is 47.1 Å². The summed E-state index contributed by atoms with van der Waals surface area (Å²) in [6.45, 7) is 9.95. The van der Waals surface area contributed by atoms with Gasteiger partial charge in [0.05, 0.1) is 6.07 Å². The summed E-state index contributed by atoms with van der Waals surface area (Å²) >= 11 is 0. The van der Waals surface area contributed by atoms with Crippen LogP contribution in [0.4, 0.5) is 13.2 Å². The van der Waals surface area contributed by atoms with Crippen LogP contribution in [0.15, 0.2) is 24.3 Å². The lowest BCUT2D eigenvalue weighted by molar-refractivity contribution is -0.0500. The Bertz CT molecular complexity index is 1260. The first-order valence-corrected chi connectivity index (χ1v) is 13.8. The molecular formula is C28H34F3NO3S. The van der Waals surface area contributed by atoms with Crippen molar-refractivity contribution in [2.24, 2.45) is 11.8 Å². The quantitative estimate of drug-likeness (QED) is 0.251. The van der Waals surface area contributed by atoms with Gasteiger partial charge in [-0.3, -0.25) is 0 Å². The minimum absolute atomic E-state index is 0.0828. The van der Waals surface area contributed by atoms with E-state index in [1.165, 1.54) is 0 Å². The number of alkyl halides is 3. The highest BCUT2D eigenvalue weighted by Gasteiger charge is 2.49. The van der Waals surface area contributed by atoms with Gasteiger partial charge in [0.15, 0.2) is 0 Å². The van der Waals surface area contributed by atoms with Crippen LogP contribution in [0.25, 0.3) is 11.1 Å². The second kappa shape index (κ2) is 10.8. The standard InChI is InChI=1S/C28H34F3NO3S/c1-17(2)13-21-9-11-24-25(15-19(5)27(26(21)24)35-36(33,34)28(29,30)31)23-10-8-20(7-6-12-32)16-22(23)14-18(3)4/h8,10,15-18,21H,6-7,9,11,13-14H2,1-5H3. The Morgan fingerprint density at radius 2 is 1.81 bits per heavy atom. The molecule has 0 bridgehead atoms. The Morgan fingerprint density at radius 1 is 1.11 bits per heavy atom. The van der Waals surface area contributed by atoms with Crippen molar-refractivity contribution >= 4 is 10.1 Å². The molecule has 3 rings (SSSR count).